The zero-order chi connectivity index (χ0) is 14.8. The number of anilines is 1. The minimum atomic E-state index is 0.813. The van der Waals surface area contributed by atoms with Crippen molar-refractivity contribution in [1.82, 2.24) is 19.7 Å². The lowest BCUT2D eigenvalue weighted by atomic mass is 10.1. The van der Waals surface area contributed by atoms with E-state index in [0.29, 0.717) is 0 Å². The summed E-state index contributed by atoms with van der Waals surface area (Å²) in [7, 11) is 0. The zero-order valence-electron chi connectivity index (χ0n) is 12.6. The fraction of sp³-hybridized carbons (Fsp3) is 0.312. The van der Waals surface area contributed by atoms with E-state index in [2.05, 4.69) is 51.0 Å². The minimum absolute atomic E-state index is 0.813. The molecule has 0 atom stereocenters. The van der Waals surface area contributed by atoms with Crippen molar-refractivity contribution in [2.45, 2.75) is 27.3 Å². The molecule has 0 radical (unpaired) electrons. The lowest BCUT2D eigenvalue weighted by Gasteiger charge is -2.10. The smallest absolute Gasteiger partial charge is 0.224 e. The summed E-state index contributed by atoms with van der Waals surface area (Å²) in [6, 6.07) is 10.2. The molecule has 21 heavy (non-hydrogen) atoms. The van der Waals surface area contributed by atoms with Gasteiger partial charge in [-0.3, -0.25) is 9.55 Å². The summed E-state index contributed by atoms with van der Waals surface area (Å²) in [5, 5.41) is 13.0. The molecule has 0 aliphatic heterocycles. The lowest BCUT2D eigenvalue weighted by molar-refractivity contribution is 0.770. The van der Waals surface area contributed by atoms with E-state index < -0.39 is 0 Å². The van der Waals surface area contributed by atoms with E-state index in [1.807, 2.05) is 25.1 Å². The summed E-state index contributed by atoms with van der Waals surface area (Å²) in [4.78, 5) is 4.59. The first-order valence-corrected chi connectivity index (χ1v) is 7.28. The Hall–Kier alpha value is -2.43. The van der Waals surface area contributed by atoms with Crippen molar-refractivity contribution < 1.29 is 0 Å². The van der Waals surface area contributed by atoms with Crippen LogP contribution in [-0.2, 0) is 6.54 Å². The van der Waals surface area contributed by atoms with E-state index in [1.54, 1.807) is 0 Å². The molecule has 0 bridgehead atoms. The van der Waals surface area contributed by atoms with Crippen LogP contribution in [0.1, 0.15) is 19.5 Å². The van der Waals surface area contributed by atoms with Crippen LogP contribution < -0.4 is 5.32 Å². The van der Waals surface area contributed by atoms with Crippen molar-refractivity contribution in [2.24, 2.45) is 0 Å². The lowest BCUT2D eigenvalue weighted by Crippen LogP contribution is -2.07. The molecular weight excluding hydrogens is 262 g/mol. The molecule has 2 aromatic heterocycles. The largest absolute Gasteiger partial charge is 0.355 e. The Morgan fingerprint density at radius 1 is 1.14 bits per heavy atom. The van der Waals surface area contributed by atoms with Crippen LogP contribution in [0.5, 0.6) is 0 Å². The van der Waals surface area contributed by atoms with Crippen molar-refractivity contribution in [3.8, 4) is 11.4 Å². The maximum atomic E-state index is 4.59. The number of hydrogen-bond acceptors (Lipinski definition) is 4. The van der Waals surface area contributed by atoms with Crippen LogP contribution >= 0.6 is 0 Å². The van der Waals surface area contributed by atoms with Gasteiger partial charge in [-0.1, -0.05) is 18.2 Å². The maximum Gasteiger partial charge on any atom is 0.224 e. The van der Waals surface area contributed by atoms with Gasteiger partial charge in [0.1, 0.15) is 0 Å². The van der Waals surface area contributed by atoms with Gasteiger partial charge in [0.2, 0.25) is 5.95 Å². The fourth-order valence-corrected chi connectivity index (χ4v) is 2.58. The van der Waals surface area contributed by atoms with Gasteiger partial charge < -0.3 is 5.32 Å². The number of aryl methyl sites for hydroxylation is 1. The van der Waals surface area contributed by atoms with Gasteiger partial charge in [0.05, 0.1) is 5.52 Å². The predicted octanol–water partition coefficient (Wildman–Crippen LogP) is 3.25. The van der Waals surface area contributed by atoms with Crippen molar-refractivity contribution >= 4 is 16.9 Å². The van der Waals surface area contributed by atoms with E-state index in [9.17, 15) is 0 Å². The molecule has 0 amide bonds. The van der Waals surface area contributed by atoms with Crippen LogP contribution in [0.25, 0.3) is 22.3 Å². The van der Waals surface area contributed by atoms with Crippen molar-refractivity contribution in [3.63, 3.8) is 0 Å². The standard InChI is InChI=1S/C16H19N5/c1-4-17-16-20-19-15(21(16)5-2)13-10-11(3)18-14-9-7-6-8-12(13)14/h6-10H,4-5H2,1-3H3,(H,17,20). The van der Waals surface area contributed by atoms with Gasteiger partial charge >= 0.3 is 0 Å². The molecule has 1 aromatic carbocycles. The van der Waals surface area contributed by atoms with E-state index in [1.165, 1.54) is 0 Å². The molecule has 3 aromatic rings. The van der Waals surface area contributed by atoms with Crippen LogP contribution in [0.3, 0.4) is 0 Å². The SMILES string of the molecule is CCNc1nnc(-c2cc(C)nc3ccccc23)n1CC. The molecule has 0 spiro atoms. The molecule has 0 unspecified atom stereocenters. The van der Waals surface area contributed by atoms with E-state index in [4.69, 9.17) is 0 Å². The Kier molecular flexibility index (Phi) is 3.56. The highest BCUT2D eigenvalue weighted by Gasteiger charge is 2.15. The Morgan fingerprint density at radius 2 is 1.95 bits per heavy atom. The number of benzene rings is 1. The van der Waals surface area contributed by atoms with E-state index >= 15 is 0 Å². The van der Waals surface area contributed by atoms with Gasteiger partial charge in [0, 0.05) is 29.7 Å². The summed E-state index contributed by atoms with van der Waals surface area (Å²) in [5.74, 6) is 1.70. The van der Waals surface area contributed by atoms with Crippen LogP contribution in [0.4, 0.5) is 5.95 Å². The number of para-hydroxylation sites is 1. The third-order valence-electron chi connectivity index (χ3n) is 3.49. The fourth-order valence-electron chi connectivity index (χ4n) is 2.58. The number of nitrogens with zero attached hydrogens (tertiary/aromatic N) is 4. The molecule has 5 heteroatoms. The molecule has 0 saturated carbocycles. The number of nitrogens with one attached hydrogen (secondary N) is 1. The quantitative estimate of drug-likeness (QED) is 0.797. The molecule has 0 saturated heterocycles. The zero-order valence-corrected chi connectivity index (χ0v) is 12.6. The number of aromatic nitrogens is 4. The summed E-state index contributed by atoms with van der Waals surface area (Å²) < 4.78 is 2.10. The number of pyridine rings is 1. The van der Waals surface area contributed by atoms with Gasteiger partial charge in [-0.2, -0.15) is 0 Å². The Morgan fingerprint density at radius 3 is 2.71 bits per heavy atom. The van der Waals surface area contributed by atoms with Crippen molar-refractivity contribution in [1.29, 1.82) is 0 Å². The third kappa shape index (κ3) is 2.35. The minimum Gasteiger partial charge on any atom is -0.355 e. The second-order valence-corrected chi connectivity index (χ2v) is 4.95. The van der Waals surface area contributed by atoms with E-state index in [0.717, 1.165) is 47.0 Å². The summed E-state index contributed by atoms with van der Waals surface area (Å²) in [6.45, 7) is 7.81. The molecule has 1 N–H and O–H groups in total. The van der Waals surface area contributed by atoms with Crippen LogP contribution in [-0.4, -0.2) is 26.3 Å². The average Bonchev–Trinajstić information content (AvgIpc) is 2.89. The first-order valence-electron chi connectivity index (χ1n) is 7.28. The highest BCUT2D eigenvalue weighted by molar-refractivity contribution is 5.93. The monoisotopic (exact) mass is 281 g/mol. The maximum absolute atomic E-state index is 4.59. The first kappa shape index (κ1) is 13.5. The topological polar surface area (TPSA) is 55.6 Å². The average molecular weight is 281 g/mol. The molecule has 5 nitrogen and oxygen atoms in total. The third-order valence-corrected chi connectivity index (χ3v) is 3.49. The number of hydrogen-bond donors (Lipinski definition) is 1. The van der Waals surface area contributed by atoms with Crippen molar-refractivity contribution in [2.75, 3.05) is 11.9 Å². The molecular formula is C16H19N5. The normalized spacial score (nSPS) is 11.0. The molecule has 3 rings (SSSR count). The first-order chi connectivity index (χ1) is 10.2. The van der Waals surface area contributed by atoms with E-state index in [-0.39, 0.29) is 0 Å². The summed E-state index contributed by atoms with van der Waals surface area (Å²) in [6.07, 6.45) is 0. The van der Waals surface area contributed by atoms with Crippen LogP contribution in [0.15, 0.2) is 30.3 Å². The van der Waals surface area contributed by atoms with Crippen LogP contribution in [0.2, 0.25) is 0 Å². The van der Waals surface area contributed by atoms with Gasteiger partial charge in [-0.05, 0) is 32.9 Å². The van der Waals surface area contributed by atoms with Gasteiger partial charge in [0.15, 0.2) is 5.82 Å². The Labute approximate surface area is 124 Å². The second kappa shape index (κ2) is 5.52. The number of fused-ring (bicyclic) bond motifs is 1. The van der Waals surface area contributed by atoms with Crippen molar-refractivity contribution in [3.05, 3.63) is 36.0 Å². The Bertz CT molecular complexity index is 775. The number of rotatable bonds is 4. The van der Waals surface area contributed by atoms with Gasteiger partial charge in [0.25, 0.3) is 0 Å². The molecule has 108 valence electrons. The van der Waals surface area contributed by atoms with Gasteiger partial charge in [-0.15, -0.1) is 10.2 Å². The summed E-state index contributed by atoms with van der Waals surface area (Å²) >= 11 is 0. The molecule has 0 aliphatic carbocycles. The highest BCUT2D eigenvalue weighted by atomic mass is 15.3. The van der Waals surface area contributed by atoms with Crippen LogP contribution in [0, 0.1) is 6.92 Å². The molecule has 2 heterocycles. The highest BCUT2D eigenvalue weighted by Crippen LogP contribution is 2.28. The molecule has 0 aliphatic rings. The molecule has 0 fully saturated rings. The summed E-state index contributed by atoms with van der Waals surface area (Å²) in [5.41, 5.74) is 3.05. The predicted molar refractivity (Wildman–Crippen MR) is 85.3 cm³/mol. The van der Waals surface area contributed by atoms with Gasteiger partial charge in [-0.25, -0.2) is 0 Å². The Balaban J connectivity index is 2.25. The second-order valence-electron chi connectivity index (χ2n) is 4.95.